The summed E-state index contributed by atoms with van der Waals surface area (Å²) in [7, 11) is 0. The minimum Gasteiger partial charge on any atom is -0.481 e. The highest BCUT2D eigenvalue weighted by Gasteiger charge is 1.93. The topological polar surface area (TPSA) is 46.5 Å². The van der Waals surface area contributed by atoms with Crippen molar-refractivity contribution in [1.82, 2.24) is 0 Å². The van der Waals surface area contributed by atoms with Gasteiger partial charge in [0.2, 0.25) is 0 Å². The Morgan fingerprint density at radius 1 is 1.55 bits per heavy atom. The van der Waals surface area contributed by atoms with Crippen LogP contribution in [0.2, 0.25) is 0 Å². The fourth-order valence-electron chi connectivity index (χ4n) is 0.468. The van der Waals surface area contributed by atoms with Crippen molar-refractivity contribution in [2.45, 2.75) is 20.3 Å². The lowest BCUT2D eigenvalue weighted by atomic mass is 10.3. The summed E-state index contributed by atoms with van der Waals surface area (Å²) in [6.45, 7) is 4.75. The van der Waals surface area contributed by atoms with Gasteiger partial charge in [-0.25, -0.2) is 0 Å². The van der Waals surface area contributed by atoms with Gasteiger partial charge in [-0.2, -0.15) is 0 Å². The number of carbonyl (C=O) groups is 1. The lowest BCUT2D eigenvalue weighted by Gasteiger charge is -1.97. The first kappa shape index (κ1) is 10.2. The quantitative estimate of drug-likeness (QED) is 0.486. The molecule has 0 aromatic heterocycles. The third-order valence-electron chi connectivity index (χ3n) is 1.07. The van der Waals surface area contributed by atoms with Crippen molar-refractivity contribution in [2.24, 2.45) is 0 Å². The van der Waals surface area contributed by atoms with Crippen LogP contribution in [-0.2, 0) is 9.53 Å². The van der Waals surface area contributed by atoms with E-state index in [2.05, 4.69) is 0 Å². The van der Waals surface area contributed by atoms with Crippen LogP contribution in [0.15, 0.2) is 11.6 Å². The first-order valence-corrected chi connectivity index (χ1v) is 3.56. The zero-order chi connectivity index (χ0) is 8.69. The molecule has 3 nitrogen and oxygen atoms in total. The minimum absolute atomic E-state index is 0.0800. The molecular weight excluding hydrogens is 144 g/mol. The Kier molecular flexibility index (Phi) is 5.47. The maximum absolute atomic E-state index is 10.0. The number of aliphatic carboxylic acids is 1. The van der Waals surface area contributed by atoms with Crippen LogP contribution >= 0.6 is 0 Å². The van der Waals surface area contributed by atoms with Crippen molar-refractivity contribution >= 4 is 5.97 Å². The molecule has 1 N–H and O–H groups in total. The van der Waals surface area contributed by atoms with Crippen LogP contribution in [-0.4, -0.2) is 24.3 Å². The van der Waals surface area contributed by atoms with Crippen molar-refractivity contribution in [1.29, 1.82) is 0 Å². The van der Waals surface area contributed by atoms with Crippen molar-refractivity contribution in [3.63, 3.8) is 0 Å². The highest BCUT2D eigenvalue weighted by Crippen LogP contribution is 1.89. The molecule has 0 rings (SSSR count). The summed E-state index contributed by atoms with van der Waals surface area (Å²) < 4.78 is 5.00. The van der Waals surface area contributed by atoms with Crippen LogP contribution < -0.4 is 0 Å². The predicted octanol–water partition coefficient (Wildman–Crippen LogP) is 1.44. The van der Waals surface area contributed by atoms with Gasteiger partial charge < -0.3 is 9.84 Å². The van der Waals surface area contributed by atoms with E-state index in [-0.39, 0.29) is 6.42 Å². The van der Waals surface area contributed by atoms with Crippen LogP contribution in [0, 0.1) is 0 Å². The van der Waals surface area contributed by atoms with E-state index in [1.807, 2.05) is 19.9 Å². The van der Waals surface area contributed by atoms with Gasteiger partial charge in [-0.3, -0.25) is 4.79 Å². The second kappa shape index (κ2) is 5.92. The van der Waals surface area contributed by atoms with E-state index in [0.717, 1.165) is 0 Å². The molecule has 0 heterocycles. The molecule has 0 bridgehead atoms. The lowest BCUT2D eigenvalue weighted by Crippen LogP contribution is -2.02. The Morgan fingerprint density at radius 2 is 2.18 bits per heavy atom. The van der Waals surface area contributed by atoms with E-state index in [9.17, 15) is 4.79 Å². The first-order chi connectivity index (χ1) is 5.13. The molecule has 0 aliphatic rings. The van der Waals surface area contributed by atoms with E-state index in [1.54, 1.807) is 0 Å². The molecular formula is C8H14O3. The van der Waals surface area contributed by atoms with Crippen LogP contribution in [0.25, 0.3) is 0 Å². The van der Waals surface area contributed by atoms with E-state index in [0.29, 0.717) is 13.2 Å². The van der Waals surface area contributed by atoms with Crippen LogP contribution in [0.3, 0.4) is 0 Å². The van der Waals surface area contributed by atoms with Crippen molar-refractivity contribution in [3.05, 3.63) is 11.6 Å². The molecule has 64 valence electrons. The highest BCUT2D eigenvalue weighted by molar-refractivity contribution is 5.66. The molecule has 0 saturated carbocycles. The second-order valence-corrected chi connectivity index (χ2v) is 2.50. The molecule has 0 aromatic carbocycles. The third-order valence-corrected chi connectivity index (χ3v) is 1.07. The third kappa shape index (κ3) is 9.17. The summed E-state index contributed by atoms with van der Waals surface area (Å²) in [6.07, 6.45) is 2.00. The Labute approximate surface area is 66.7 Å². The SMILES string of the molecule is CC(C)=CCOCCC(=O)O. The maximum Gasteiger partial charge on any atom is 0.305 e. The van der Waals surface area contributed by atoms with Crippen molar-refractivity contribution in [3.8, 4) is 0 Å². The minimum atomic E-state index is -0.817. The largest absolute Gasteiger partial charge is 0.481 e. The molecule has 0 spiro atoms. The summed E-state index contributed by atoms with van der Waals surface area (Å²) in [5, 5.41) is 8.23. The number of carboxylic acids is 1. The summed E-state index contributed by atoms with van der Waals surface area (Å²) in [6, 6.07) is 0. The fourth-order valence-corrected chi connectivity index (χ4v) is 0.468. The molecule has 0 aromatic rings. The molecule has 0 saturated heterocycles. The maximum atomic E-state index is 10.0. The van der Waals surface area contributed by atoms with Crippen LogP contribution in [0.4, 0.5) is 0 Å². The van der Waals surface area contributed by atoms with E-state index in [4.69, 9.17) is 9.84 Å². The van der Waals surface area contributed by atoms with Gasteiger partial charge >= 0.3 is 5.97 Å². The molecule has 3 heteroatoms. The van der Waals surface area contributed by atoms with E-state index >= 15 is 0 Å². The van der Waals surface area contributed by atoms with Gasteiger partial charge in [-0.1, -0.05) is 11.6 Å². The molecule has 0 atom stereocenters. The normalized spacial score (nSPS) is 9.27. The summed E-state index contributed by atoms with van der Waals surface area (Å²) in [5.74, 6) is -0.817. The van der Waals surface area contributed by atoms with Gasteiger partial charge in [-0.15, -0.1) is 0 Å². The van der Waals surface area contributed by atoms with Crippen molar-refractivity contribution < 1.29 is 14.6 Å². The molecule has 0 unspecified atom stereocenters. The molecule has 0 aliphatic carbocycles. The van der Waals surface area contributed by atoms with Gasteiger partial charge in [-0.05, 0) is 13.8 Å². The Bertz CT molecular complexity index is 145. The second-order valence-electron chi connectivity index (χ2n) is 2.50. The van der Waals surface area contributed by atoms with Gasteiger partial charge in [0.05, 0.1) is 19.6 Å². The first-order valence-electron chi connectivity index (χ1n) is 3.56. The Morgan fingerprint density at radius 3 is 2.64 bits per heavy atom. The van der Waals surface area contributed by atoms with Gasteiger partial charge in [0, 0.05) is 0 Å². The summed E-state index contributed by atoms with van der Waals surface area (Å²) in [4.78, 5) is 10.0. The fraction of sp³-hybridized carbons (Fsp3) is 0.625. The monoisotopic (exact) mass is 158 g/mol. The number of ether oxygens (including phenoxy) is 1. The van der Waals surface area contributed by atoms with Gasteiger partial charge in [0.1, 0.15) is 0 Å². The van der Waals surface area contributed by atoms with Crippen molar-refractivity contribution in [2.75, 3.05) is 13.2 Å². The van der Waals surface area contributed by atoms with Gasteiger partial charge in [0.15, 0.2) is 0 Å². The average molecular weight is 158 g/mol. The van der Waals surface area contributed by atoms with Crippen LogP contribution in [0.5, 0.6) is 0 Å². The number of allylic oxidation sites excluding steroid dienone is 1. The zero-order valence-corrected chi connectivity index (χ0v) is 6.96. The predicted molar refractivity (Wildman–Crippen MR) is 42.5 cm³/mol. The number of rotatable bonds is 5. The Hall–Kier alpha value is -0.830. The van der Waals surface area contributed by atoms with E-state index < -0.39 is 5.97 Å². The zero-order valence-electron chi connectivity index (χ0n) is 6.96. The summed E-state index contributed by atoms with van der Waals surface area (Å²) >= 11 is 0. The highest BCUT2D eigenvalue weighted by atomic mass is 16.5. The average Bonchev–Trinajstić information content (AvgIpc) is 1.85. The standard InChI is InChI=1S/C8H14O3/c1-7(2)3-5-11-6-4-8(9)10/h3H,4-6H2,1-2H3,(H,9,10). The number of hydrogen-bond acceptors (Lipinski definition) is 2. The van der Waals surface area contributed by atoms with Gasteiger partial charge in [0.25, 0.3) is 0 Å². The molecule has 0 amide bonds. The number of carboxylic acid groups (broad SMARTS) is 1. The Balaban J connectivity index is 3.15. The lowest BCUT2D eigenvalue weighted by molar-refractivity contribution is -0.138. The molecule has 0 fully saturated rings. The molecule has 0 radical (unpaired) electrons. The number of hydrogen-bond donors (Lipinski definition) is 1. The molecule has 0 aliphatic heterocycles. The molecule has 11 heavy (non-hydrogen) atoms. The smallest absolute Gasteiger partial charge is 0.305 e. The summed E-state index contributed by atoms with van der Waals surface area (Å²) in [5.41, 5.74) is 1.18. The van der Waals surface area contributed by atoms with E-state index in [1.165, 1.54) is 5.57 Å². The van der Waals surface area contributed by atoms with Crippen LogP contribution in [0.1, 0.15) is 20.3 Å².